The van der Waals surface area contributed by atoms with Crippen LogP contribution in [0.1, 0.15) is 44.2 Å². The van der Waals surface area contributed by atoms with Crippen LogP contribution >= 0.6 is 0 Å². The van der Waals surface area contributed by atoms with Gasteiger partial charge in [0.2, 0.25) is 0 Å². The Bertz CT molecular complexity index is 476. The summed E-state index contributed by atoms with van der Waals surface area (Å²) in [5.41, 5.74) is 0.781. The molecule has 2 fully saturated rings. The monoisotopic (exact) mass is 277 g/mol. The molecule has 0 aliphatic heterocycles. The maximum atomic E-state index is 14.6. The minimum Gasteiger partial charge on any atom is -0.494 e. The molecule has 1 N–H and O–H groups in total. The van der Waals surface area contributed by atoms with Crippen LogP contribution in [0.3, 0.4) is 0 Å². The second-order valence-electron chi connectivity index (χ2n) is 6.24. The highest BCUT2D eigenvalue weighted by atomic mass is 19.1. The zero-order valence-corrected chi connectivity index (χ0v) is 12.4. The number of methoxy groups -OCH3 is 1. The predicted octanol–water partition coefficient (Wildman–Crippen LogP) is 3.92. The third kappa shape index (κ3) is 2.32. The molecule has 0 amide bonds. The van der Waals surface area contributed by atoms with Crippen molar-refractivity contribution in [2.24, 2.45) is 17.8 Å². The van der Waals surface area contributed by atoms with Crippen LogP contribution in [0.15, 0.2) is 18.2 Å². The molecule has 2 aliphatic carbocycles. The van der Waals surface area contributed by atoms with Crippen LogP contribution < -0.4 is 10.1 Å². The molecule has 2 aliphatic rings. The summed E-state index contributed by atoms with van der Waals surface area (Å²) in [5.74, 6) is 2.39. The summed E-state index contributed by atoms with van der Waals surface area (Å²) in [7, 11) is 1.53. The molecule has 1 aromatic carbocycles. The zero-order valence-electron chi connectivity index (χ0n) is 12.4. The number of hydrogen-bond donors (Lipinski definition) is 1. The molecule has 20 heavy (non-hydrogen) atoms. The number of nitrogens with one attached hydrogen (secondary N) is 1. The van der Waals surface area contributed by atoms with Crippen molar-refractivity contribution in [3.05, 3.63) is 29.6 Å². The van der Waals surface area contributed by atoms with Gasteiger partial charge < -0.3 is 10.1 Å². The van der Waals surface area contributed by atoms with Crippen LogP contribution in [-0.4, -0.2) is 13.7 Å². The molecule has 2 bridgehead atoms. The van der Waals surface area contributed by atoms with E-state index in [4.69, 9.17) is 4.74 Å². The number of hydrogen-bond acceptors (Lipinski definition) is 2. The molecule has 4 atom stereocenters. The summed E-state index contributed by atoms with van der Waals surface area (Å²) in [5, 5.41) is 3.52. The quantitative estimate of drug-likeness (QED) is 0.880. The third-order valence-corrected chi connectivity index (χ3v) is 5.19. The lowest BCUT2D eigenvalue weighted by atomic mass is 9.80. The number of benzene rings is 1. The first-order valence-electron chi connectivity index (χ1n) is 7.80. The number of rotatable bonds is 5. The molecule has 4 unspecified atom stereocenters. The Morgan fingerprint density at radius 3 is 2.80 bits per heavy atom. The number of ether oxygens (including phenoxy) is 1. The van der Waals surface area contributed by atoms with Gasteiger partial charge in [-0.2, -0.15) is 0 Å². The molecule has 110 valence electrons. The van der Waals surface area contributed by atoms with Crippen LogP contribution in [0, 0.1) is 23.6 Å². The van der Waals surface area contributed by atoms with Crippen LogP contribution in [-0.2, 0) is 0 Å². The van der Waals surface area contributed by atoms with Crippen LogP contribution in [0.5, 0.6) is 5.75 Å². The lowest BCUT2D eigenvalue weighted by Gasteiger charge is -2.32. The molecule has 2 nitrogen and oxygen atoms in total. The minimum atomic E-state index is -0.191. The van der Waals surface area contributed by atoms with E-state index in [-0.39, 0.29) is 11.9 Å². The zero-order chi connectivity index (χ0) is 14.1. The summed E-state index contributed by atoms with van der Waals surface area (Å²) < 4.78 is 19.7. The van der Waals surface area contributed by atoms with Crippen molar-refractivity contribution in [1.29, 1.82) is 0 Å². The summed E-state index contributed by atoms with van der Waals surface area (Å²) >= 11 is 0. The molecule has 0 aromatic heterocycles. The lowest BCUT2D eigenvalue weighted by Crippen LogP contribution is -2.32. The summed E-state index contributed by atoms with van der Waals surface area (Å²) in [6.45, 7) is 2.97. The second kappa shape index (κ2) is 5.72. The largest absolute Gasteiger partial charge is 0.494 e. The smallest absolute Gasteiger partial charge is 0.169 e. The molecule has 3 heteroatoms. The van der Waals surface area contributed by atoms with Gasteiger partial charge in [-0.15, -0.1) is 0 Å². The van der Waals surface area contributed by atoms with E-state index in [0.717, 1.165) is 23.9 Å². The second-order valence-corrected chi connectivity index (χ2v) is 6.24. The van der Waals surface area contributed by atoms with Crippen molar-refractivity contribution < 1.29 is 9.13 Å². The van der Waals surface area contributed by atoms with E-state index >= 15 is 0 Å². The first-order chi connectivity index (χ1) is 9.74. The van der Waals surface area contributed by atoms with Gasteiger partial charge in [0.05, 0.1) is 7.11 Å². The molecule has 2 saturated carbocycles. The highest BCUT2D eigenvalue weighted by Gasteiger charge is 2.43. The molecule has 1 aromatic rings. The standard InChI is InChI=1S/C17H24FNO/c1-3-19-17(14-10-11-7-8-12(14)9-11)13-5-4-6-15(20-2)16(13)18/h4-6,11-12,14,17,19H,3,7-10H2,1-2H3. The van der Waals surface area contributed by atoms with Crippen molar-refractivity contribution in [2.45, 2.75) is 38.6 Å². The summed E-state index contributed by atoms with van der Waals surface area (Å²) in [4.78, 5) is 0. The van der Waals surface area contributed by atoms with E-state index in [0.29, 0.717) is 11.7 Å². The average Bonchev–Trinajstić information content (AvgIpc) is 3.08. The minimum absolute atomic E-state index is 0.130. The Morgan fingerprint density at radius 2 is 2.20 bits per heavy atom. The molecule has 0 spiro atoms. The van der Waals surface area contributed by atoms with Gasteiger partial charge in [-0.3, -0.25) is 0 Å². The van der Waals surface area contributed by atoms with Crippen molar-refractivity contribution in [2.75, 3.05) is 13.7 Å². The lowest BCUT2D eigenvalue weighted by molar-refractivity contribution is 0.247. The van der Waals surface area contributed by atoms with Gasteiger partial charge in [-0.1, -0.05) is 25.5 Å². The molecule has 0 heterocycles. The summed E-state index contributed by atoms with van der Waals surface area (Å²) in [6, 6.07) is 5.64. The van der Waals surface area contributed by atoms with Crippen molar-refractivity contribution in [3.8, 4) is 5.75 Å². The third-order valence-electron chi connectivity index (χ3n) is 5.19. The molecule has 3 rings (SSSR count). The van der Waals surface area contributed by atoms with Crippen molar-refractivity contribution >= 4 is 0 Å². The Morgan fingerprint density at radius 1 is 1.35 bits per heavy atom. The van der Waals surface area contributed by atoms with Crippen LogP contribution in [0.25, 0.3) is 0 Å². The highest BCUT2D eigenvalue weighted by molar-refractivity contribution is 5.33. The molecule has 0 radical (unpaired) electrons. The maximum Gasteiger partial charge on any atom is 0.169 e. The number of fused-ring (bicyclic) bond motifs is 2. The van der Waals surface area contributed by atoms with Gasteiger partial charge in [0, 0.05) is 11.6 Å². The van der Waals surface area contributed by atoms with E-state index in [2.05, 4.69) is 12.2 Å². The normalized spacial score (nSPS) is 29.6. The highest BCUT2D eigenvalue weighted by Crippen LogP contribution is 2.53. The Hall–Kier alpha value is -1.09. The first-order valence-corrected chi connectivity index (χ1v) is 7.80. The number of halogens is 1. The van der Waals surface area contributed by atoms with Gasteiger partial charge in [0.25, 0.3) is 0 Å². The van der Waals surface area contributed by atoms with E-state index in [1.165, 1.54) is 32.8 Å². The van der Waals surface area contributed by atoms with Gasteiger partial charge in [0.15, 0.2) is 11.6 Å². The Labute approximate surface area is 120 Å². The van der Waals surface area contributed by atoms with Gasteiger partial charge in [-0.05, 0) is 49.6 Å². The molecular formula is C17H24FNO. The fraction of sp³-hybridized carbons (Fsp3) is 0.647. The first kappa shape index (κ1) is 13.9. The van der Waals surface area contributed by atoms with E-state index in [1.54, 1.807) is 6.07 Å². The van der Waals surface area contributed by atoms with E-state index in [1.807, 2.05) is 12.1 Å². The van der Waals surface area contributed by atoms with Gasteiger partial charge in [0.1, 0.15) is 0 Å². The Balaban J connectivity index is 1.91. The van der Waals surface area contributed by atoms with Crippen molar-refractivity contribution in [3.63, 3.8) is 0 Å². The SMILES string of the molecule is CCNC(c1cccc(OC)c1F)C1CC2CCC1C2. The molecule has 0 saturated heterocycles. The Kier molecular flexibility index (Phi) is 3.97. The fourth-order valence-electron chi connectivity index (χ4n) is 4.34. The average molecular weight is 277 g/mol. The topological polar surface area (TPSA) is 21.3 Å². The fourth-order valence-corrected chi connectivity index (χ4v) is 4.34. The van der Waals surface area contributed by atoms with Crippen LogP contribution in [0.4, 0.5) is 4.39 Å². The van der Waals surface area contributed by atoms with E-state index < -0.39 is 0 Å². The van der Waals surface area contributed by atoms with Crippen molar-refractivity contribution in [1.82, 2.24) is 5.32 Å². The van der Waals surface area contributed by atoms with E-state index in [9.17, 15) is 4.39 Å². The van der Waals surface area contributed by atoms with Crippen LogP contribution in [0.2, 0.25) is 0 Å². The predicted molar refractivity (Wildman–Crippen MR) is 78.3 cm³/mol. The van der Waals surface area contributed by atoms with Gasteiger partial charge >= 0.3 is 0 Å². The van der Waals surface area contributed by atoms with Gasteiger partial charge in [-0.25, -0.2) is 4.39 Å². The maximum absolute atomic E-state index is 14.6. The molecular weight excluding hydrogens is 253 g/mol. The summed E-state index contributed by atoms with van der Waals surface area (Å²) in [6.07, 6.45) is 5.29.